The number of rotatable bonds is 3. The summed E-state index contributed by atoms with van der Waals surface area (Å²) in [7, 11) is 0. The van der Waals surface area contributed by atoms with Crippen molar-refractivity contribution in [3.63, 3.8) is 0 Å². The Morgan fingerprint density at radius 2 is 1.88 bits per heavy atom. The number of aromatic nitrogens is 3. The highest BCUT2D eigenvalue weighted by Crippen LogP contribution is 2.33. The van der Waals surface area contributed by atoms with Gasteiger partial charge in [0.1, 0.15) is 5.82 Å². The SMILES string of the molecule is c1cc(Cn2ccnc2C2CCCC2)ccn1. The third-order valence-corrected chi connectivity index (χ3v) is 3.57. The highest BCUT2D eigenvalue weighted by atomic mass is 15.1. The Morgan fingerprint density at radius 1 is 1.12 bits per heavy atom. The van der Waals surface area contributed by atoms with Crippen molar-refractivity contribution in [2.24, 2.45) is 0 Å². The van der Waals surface area contributed by atoms with Crippen molar-refractivity contribution in [1.29, 1.82) is 0 Å². The first kappa shape index (κ1) is 10.5. The highest BCUT2D eigenvalue weighted by Gasteiger charge is 2.21. The standard InChI is InChI=1S/C14H17N3/c1-2-4-13(3-1)14-16-9-10-17(14)11-12-5-7-15-8-6-12/h5-10,13H,1-4,11H2. The topological polar surface area (TPSA) is 30.7 Å². The molecule has 0 bridgehead atoms. The fourth-order valence-electron chi connectivity index (χ4n) is 2.68. The second-order valence-corrected chi connectivity index (χ2v) is 4.75. The molecule has 0 aliphatic heterocycles. The van der Waals surface area contributed by atoms with Crippen molar-refractivity contribution < 1.29 is 0 Å². The van der Waals surface area contributed by atoms with E-state index in [9.17, 15) is 0 Å². The van der Waals surface area contributed by atoms with Gasteiger partial charge in [-0.3, -0.25) is 4.98 Å². The summed E-state index contributed by atoms with van der Waals surface area (Å²) >= 11 is 0. The summed E-state index contributed by atoms with van der Waals surface area (Å²) in [6.07, 6.45) is 13.0. The van der Waals surface area contributed by atoms with Crippen molar-refractivity contribution in [3.05, 3.63) is 48.3 Å². The van der Waals surface area contributed by atoms with E-state index in [-0.39, 0.29) is 0 Å². The third kappa shape index (κ3) is 2.23. The summed E-state index contributed by atoms with van der Waals surface area (Å²) in [6.45, 7) is 0.911. The molecule has 88 valence electrons. The van der Waals surface area contributed by atoms with E-state index in [4.69, 9.17) is 0 Å². The molecule has 2 heterocycles. The molecule has 2 aromatic heterocycles. The molecular formula is C14H17N3. The normalized spacial score (nSPS) is 16.5. The van der Waals surface area contributed by atoms with Crippen LogP contribution >= 0.6 is 0 Å². The smallest absolute Gasteiger partial charge is 0.112 e. The van der Waals surface area contributed by atoms with Crippen LogP contribution < -0.4 is 0 Å². The molecule has 3 rings (SSSR count). The van der Waals surface area contributed by atoms with Gasteiger partial charge in [-0.15, -0.1) is 0 Å². The van der Waals surface area contributed by atoms with Gasteiger partial charge < -0.3 is 4.57 Å². The molecule has 3 heteroatoms. The zero-order valence-corrected chi connectivity index (χ0v) is 9.92. The first-order valence-corrected chi connectivity index (χ1v) is 6.33. The molecule has 1 aliphatic rings. The average molecular weight is 227 g/mol. The first-order chi connectivity index (χ1) is 8.43. The minimum Gasteiger partial charge on any atom is -0.330 e. The zero-order valence-electron chi connectivity index (χ0n) is 9.92. The highest BCUT2D eigenvalue weighted by molar-refractivity contribution is 5.13. The molecule has 0 N–H and O–H groups in total. The van der Waals surface area contributed by atoms with Gasteiger partial charge in [-0.2, -0.15) is 0 Å². The number of imidazole rings is 1. The quantitative estimate of drug-likeness (QED) is 0.807. The van der Waals surface area contributed by atoms with Crippen LogP contribution in [-0.2, 0) is 6.54 Å². The van der Waals surface area contributed by atoms with Crippen LogP contribution in [0.1, 0.15) is 43.0 Å². The zero-order chi connectivity index (χ0) is 11.5. The van der Waals surface area contributed by atoms with Crippen LogP contribution in [0.25, 0.3) is 0 Å². The van der Waals surface area contributed by atoms with Gasteiger partial charge in [0.15, 0.2) is 0 Å². The molecule has 1 aliphatic carbocycles. The van der Waals surface area contributed by atoms with Gasteiger partial charge in [0.25, 0.3) is 0 Å². The van der Waals surface area contributed by atoms with Gasteiger partial charge in [0, 0.05) is 37.3 Å². The predicted molar refractivity (Wildman–Crippen MR) is 66.8 cm³/mol. The van der Waals surface area contributed by atoms with Crippen molar-refractivity contribution in [2.45, 2.75) is 38.1 Å². The molecule has 1 fully saturated rings. The summed E-state index contributed by atoms with van der Waals surface area (Å²) in [5.41, 5.74) is 1.29. The lowest BCUT2D eigenvalue weighted by molar-refractivity contribution is 0.610. The van der Waals surface area contributed by atoms with E-state index in [1.807, 2.05) is 18.6 Å². The van der Waals surface area contributed by atoms with Crippen LogP contribution in [0.15, 0.2) is 36.9 Å². The minimum atomic E-state index is 0.673. The van der Waals surface area contributed by atoms with Crippen LogP contribution in [0.3, 0.4) is 0 Å². The Labute approximate surface area is 102 Å². The first-order valence-electron chi connectivity index (χ1n) is 6.33. The second kappa shape index (κ2) is 4.70. The summed E-state index contributed by atoms with van der Waals surface area (Å²) < 4.78 is 2.28. The van der Waals surface area contributed by atoms with Crippen molar-refractivity contribution in [3.8, 4) is 0 Å². The molecule has 17 heavy (non-hydrogen) atoms. The van der Waals surface area contributed by atoms with E-state index in [1.54, 1.807) is 0 Å². The molecule has 2 aromatic rings. The van der Waals surface area contributed by atoms with Crippen LogP contribution in [0.5, 0.6) is 0 Å². The fraction of sp³-hybridized carbons (Fsp3) is 0.429. The maximum Gasteiger partial charge on any atom is 0.112 e. The molecular weight excluding hydrogens is 210 g/mol. The maximum atomic E-state index is 4.54. The molecule has 3 nitrogen and oxygen atoms in total. The van der Waals surface area contributed by atoms with Crippen LogP contribution in [0.4, 0.5) is 0 Å². The second-order valence-electron chi connectivity index (χ2n) is 4.75. The van der Waals surface area contributed by atoms with Gasteiger partial charge in [0.05, 0.1) is 0 Å². The predicted octanol–water partition coefficient (Wildman–Crippen LogP) is 2.98. The summed E-state index contributed by atoms with van der Waals surface area (Å²) in [5, 5.41) is 0. The van der Waals surface area contributed by atoms with E-state index in [0.29, 0.717) is 5.92 Å². The Balaban J connectivity index is 1.81. The van der Waals surface area contributed by atoms with Crippen LogP contribution in [0, 0.1) is 0 Å². The molecule has 0 atom stereocenters. The number of nitrogens with zero attached hydrogens (tertiary/aromatic N) is 3. The lowest BCUT2D eigenvalue weighted by atomic mass is 10.1. The van der Waals surface area contributed by atoms with Gasteiger partial charge in [-0.25, -0.2) is 4.98 Å². The maximum absolute atomic E-state index is 4.54. The van der Waals surface area contributed by atoms with E-state index >= 15 is 0 Å². The van der Waals surface area contributed by atoms with Gasteiger partial charge in [-0.1, -0.05) is 12.8 Å². The Bertz CT molecular complexity index is 469. The lowest BCUT2D eigenvalue weighted by Gasteiger charge is -2.12. The van der Waals surface area contributed by atoms with Crippen molar-refractivity contribution in [2.75, 3.05) is 0 Å². The Morgan fingerprint density at radius 3 is 2.65 bits per heavy atom. The minimum absolute atomic E-state index is 0.673. The fourth-order valence-corrected chi connectivity index (χ4v) is 2.68. The average Bonchev–Trinajstić information content (AvgIpc) is 3.00. The van der Waals surface area contributed by atoms with E-state index in [0.717, 1.165) is 6.54 Å². The van der Waals surface area contributed by atoms with E-state index in [1.165, 1.54) is 37.1 Å². The molecule has 0 saturated heterocycles. The molecule has 0 amide bonds. The Hall–Kier alpha value is -1.64. The van der Waals surface area contributed by atoms with Crippen LogP contribution in [-0.4, -0.2) is 14.5 Å². The molecule has 0 spiro atoms. The molecule has 1 saturated carbocycles. The summed E-state index contributed by atoms with van der Waals surface area (Å²) in [4.78, 5) is 8.59. The van der Waals surface area contributed by atoms with E-state index < -0.39 is 0 Å². The lowest BCUT2D eigenvalue weighted by Crippen LogP contribution is -2.07. The monoisotopic (exact) mass is 227 g/mol. The van der Waals surface area contributed by atoms with Crippen molar-refractivity contribution >= 4 is 0 Å². The Kier molecular flexibility index (Phi) is 2.90. The summed E-state index contributed by atoms with van der Waals surface area (Å²) in [5.74, 6) is 1.94. The van der Waals surface area contributed by atoms with Gasteiger partial charge in [0.2, 0.25) is 0 Å². The van der Waals surface area contributed by atoms with E-state index in [2.05, 4.69) is 32.9 Å². The number of hydrogen-bond acceptors (Lipinski definition) is 2. The molecule has 0 radical (unpaired) electrons. The molecule has 0 aromatic carbocycles. The number of hydrogen-bond donors (Lipinski definition) is 0. The van der Waals surface area contributed by atoms with Crippen LogP contribution in [0.2, 0.25) is 0 Å². The number of pyridine rings is 1. The van der Waals surface area contributed by atoms with Gasteiger partial charge in [-0.05, 0) is 30.5 Å². The third-order valence-electron chi connectivity index (χ3n) is 3.57. The molecule has 0 unspecified atom stereocenters. The largest absolute Gasteiger partial charge is 0.330 e. The van der Waals surface area contributed by atoms with Gasteiger partial charge >= 0.3 is 0 Å². The van der Waals surface area contributed by atoms with Crippen molar-refractivity contribution in [1.82, 2.24) is 14.5 Å². The summed E-state index contributed by atoms with van der Waals surface area (Å²) in [6, 6.07) is 4.14.